The maximum absolute atomic E-state index is 11.2. The molecule has 4 heteroatoms. The summed E-state index contributed by atoms with van der Waals surface area (Å²) in [5, 5.41) is 1.02. The molecular weight excluding hydrogens is 260 g/mol. The predicted octanol–water partition coefficient (Wildman–Crippen LogP) is 3.36. The van der Waals surface area contributed by atoms with Gasteiger partial charge in [-0.05, 0) is 12.8 Å². The summed E-state index contributed by atoms with van der Waals surface area (Å²) in [4.78, 5) is 11.2. The first-order valence-electron chi connectivity index (χ1n) is 5.17. The first-order valence-corrected chi connectivity index (χ1v) is 10.00. The van der Waals surface area contributed by atoms with E-state index < -0.39 is 8.07 Å². The van der Waals surface area contributed by atoms with E-state index in [4.69, 9.17) is 4.74 Å². The van der Waals surface area contributed by atoms with Gasteiger partial charge < -0.3 is 4.74 Å². The summed E-state index contributed by atoms with van der Waals surface area (Å²) in [6.07, 6.45) is 4.44. The zero-order chi connectivity index (χ0) is 11.0. The van der Waals surface area contributed by atoms with E-state index in [9.17, 15) is 4.79 Å². The van der Waals surface area contributed by atoms with Crippen molar-refractivity contribution >= 4 is 30.0 Å². The molecule has 84 valence electrons. The molecule has 0 aromatic heterocycles. The number of carbonyl (C=O) groups is 1. The minimum Gasteiger partial charge on any atom is -0.469 e. The second-order valence-electron chi connectivity index (χ2n) is 4.72. The minimum absolute atomic E-state index is 0.0259. The van der Waals surface area contributed by atoms with Crippen LogP contribution in [0.5, 0.6) is 0 Å². The SMILES string of the molecule is C[Si](C)(C)COC(=O)CCCCCBr. The van der Waals surface area contributed by atoms with Gasteiger partial charge in [-0.1, -0.05) is 42.0 Å². The molecule has 0 spiro atoms. The zero-order valence-electron chi connectivity index (χ0n) is 9.44. The van der Waals surface area contributed by atoms with Gasteiger partial charge in [-0.15, -0.1) is 0 Å². The summed E-state index contributed by atoms with van der Waals surface area (Å²) in [6, 6.07) is 0. The summed E-state index contributed by atoms with van der Waals surface area (Å²) >= 11 is 3.36. The Morgan fingerprint density at radius 2 is 1.86 bits per heavy atom. The van der Waals surface area contributed by atoms with Gasteiger partial charge in [0, 0.05) is 11.8 Å². The van der Waals surface area contributed by atoms with E-state index in [0.717, 1.165) is 24.6 Å². The van der Waals surface area contributed by atoms with Gasteiger partial charge in [0.25, 0.3) is 0 Å². The van der Waals surface area contributed by atoms with Crippen LogP contribution in [0.1, 0.15) is 25.7 Å². The van der Waals surface area contributed by atoms with Crippen LogP contribution in [0.3, 0.4) is 0 Å². The Kier molecular flexibility index (Phi) is 7.55. The minimum atomic E-state index is -1.22. The third-order valence-electron chi connectivity index (χ3n) is 1.68. The molecule has 0 saturated heterocycles. The van der Waals surface area contributed by atoms with Crippen LogP contribution in [0, 0.1) is 0 Å². The largest absolute Gasteiger partial charge is 0.469 e. The summed E-state index contributed by atoms with van der Waals surface area (Å²) < 4.78 is 5.20. The lowest BCUT2D eigenvalue weighted by atomic mass is 10.2. The lowest BCUT2D eigenvalue weighted by Crippen LogP contribution is -2.29. The fourth-order valence-corrected chi connectivity index (χ4v) is 1.90. The van der Waals surface area contributed by atoms with Gasteiger partial charge >= 0.3 is 5.97 Å². The summed E-state index contributed by atoms with van der Waals surface area (Å²) in [5.74, 6) is -0.0259. The summed E-state index contributed by atoms with van der Waals surface area (Å²) in [7, 11) is -1.22. The summed E-state index contributed by atoms with van der Waals surface area (Å²) in [6.45, 7) is 6.60. The van der Waals surface area contributed by atoms with Crippen molar-refractivity contribution in [2.75, 3.05) is 11.6 Å². The Bertz CT molecular complexity index is 166. The highest BCUT2D eigenvalue weighted by Gasteiger charge is 2.15. The molecule has 0 saturated carbocycles. The topological polar surface area (TPSA) is 26.3 Å². The molecule has 0 atom stereocenters. The molecule has 0 aliphatic carbocycles. The highest BCUT2D eigenvalue weighted by atomic mass is 79.9. The van der Waals surface area contributed by atoms with Crippen molar-refractivity contribution in [3.8, 4) is 0 Å². The molecule has 0 unspecified atom stereocenters. The number of ether oxygens (including phenoxy) is 1. The highest BCUT2D eigenvalue weighted by molar-refractivity contribution is 9.09. The molecule has 0 N–H and O–H groups in total. The molecule has 0 aliphatic heterocycles. The van der Waals surface area contributed by atoms with E-state index in [1.165, 1.54) is 0 Å². The third-order valence-corrected chi connectivity index (χ3v) is 3.25. The Labute approximate surface area is 96.5 Å². The van der Waals surface area contributed by atoms with Crippen LogP contribution in [-0.4, -0.2) is 25.6 Å². The smallest absolute Gasteiger partial charge is 0.305 e. The Balaban J connectivity index is 3.38. The predicted molar refractivity (Wildman–Crippen MR) is 66.6 cm³/mol. The first-order chi connectivity index (χ1) is 6.45. The normalized spacial score (nSPS) is 11.4. The third kappa shape index (κ3) is 10.2. The van der Waals surface area contributed by atoms with Crippen LogP contribution >= 0.6 is 15.9 Å². The van der Waals surface area contributed by atoms with E-state index in [1.807, 2.05) is 0 Å². The van der Waals surface area contributed by atoms with E-state index in [0.29, 0.717) is 12.7 Å². The number of rotatable bonds is 7. The Morgan fingerprint density at radius 1 is 1.21 bits per heavy atom. The molecule has 0 aromatic rings. The molecular formula is C10H21BrO2Si. The lowest BCUT2D eigenvalue weighted by Gasteiger charge is -2.15. The monoisotopic (exact) mass is 280 g/mol. The van der Waals surface area contributed by atoms with Gasteiger partial charge in [0.05, 0.1) is 14.3 Å². The maximum atomic E-state index is 11.2. The number of alkyl halides is 1. The molecule has 0 radical (unpaired) electrons. The van der Waals surface area contributed by atoms with Crippen molar-refractivity contribution in [3.05, 3.63) is 0 Å². The molecule has 14 heavy (non-hydrogen) atoms. The van der Waals surface area contributed by atoms with Crippen LogP contribution in [0.2, 0.25) is 19.6 Å². The van der Waals surface area contributed by atoms with Crippen molar-refractivity contribution in [3.63, 3.8) is 0 Å². The number of halogens is 1. The molecule has 0 heterocycles. The average molecular weight is 281 g/mol. The van der Waals surface area contributed by atoms with Gasteiger partial charge in [0.1, 0.15) is 0 Å². The fraction of sp³-hybridized carbons (Fsp3) is 0.900. The standard InChI is InChI=1S/C10H21BrO2Si/c1-14(2,3)9-13-10(12)7-5-4-6-8-11/h4-9H2,1-3H3. The van der Waals surface area contributed by atoms with Crippen molar-refractivity contribution in [2.24, 2.45) is 0 Å². The van der Waals surface area contributed by atoms with E-state index in [2.05, 4.69) is 35.6 Å². The van der Waals surface area contributed by atoms with E-state index in [1.54, 1.807) is 0 Å². The highest BCUT2D eigenvalue weighted by Crippen LogP contribution is 2.05. The van der Waals surface area contributed by atoms with Crippen LogP contribution in [0.4, 0.5) is 0 Å². The second kappa shape index (κ2) is 7.46. The molecule has 0 fully saturated rings. The molecule has 2 nitrogen and oxygen atoms in total. The average Bonchev–Trinajstić information content (AvgIpc) is 2.08. The van der Waals surface area contributed by atoms with Crippen LogP contribution < -0.4 is 0 Å². The van der Waals surface area contributed by atoms with Crippen LogP contribution in [-0.2, 0) is 9.53 Å². The molecule has 0 aromatic carbocycles. The Morgan fingerprint density at radius 3 is 2.36 bits per heavy atom. The van der Waals surface area contributed by atoms with Crippen LogP contribution in [0.25, 0.3) is 0 Å². The van der Waals surface area contributed by atoms with E-state index >= 15 is 0 Å². The number of hydrogen-bond donors (Lipinski definition) is 0. The quantitative estimate of drug-likeness (QED) is 0.309. The maximum Gasteiger partial charge on any atom is 0.305 e. The van der Waals surface area contributed by atoms with Gasteiger partial charge in [-0.2, -0.15) is 0 Å². The van der Waals surface area contributed by atoms with Crippen molar-refractivity contribution < 1.29 is 9.53 Å². The second-order valence-corrected chi connectivity index (χ2v) is 10.9. The van der Waals surface area contributed by atoms with Gasteiger partial charge in [0.15, 0.2) is 0 Å². The number of unbranched alkanes of at least 4 members (excludes halogenated alkanes) is 2. The van der Waals surface area contributed by atoms with Crippen molar-refractivity contribution in [2.45, 2.75) is 45.3 Å². The molecule has 0 aliphatic rings. The number of hydrogen-bond acceptors (Lipinski definition) is 2. The summed E-state index contributed by atoms with van der Waals surface area (Å²) in [5.41, 5.74) is 0. The number of carbonyl (C=O) groups excluding carboxylic acids is 1. The van der Waals surface area contributed by atoms with Crippen molar-refractivity contribution in [1.29, 1.82) is 0 Å². The number of esters is 1. The first kappa shape index (κ1) is 14.2. The zero-order valence-corrected chi connectivity index (χ0v) is 12.0. The van der Waals surface area contributed by atoms with Crippen LogP contribution in [0.15, 0.2) is 0 Å². The fourth-order valence-electron chi connectivity index (χ4n) is 0.910. The Hall–Kier alpha value is 0.167. The van der Waals surface area contributed by atoms with Crippen molar-refractivity contribution in [1.82, 2.24) is 0 Å². The molecule has 0 amide bonds. The molecule has 0 rings (SSSR count). The lowest BCUT2D eigenvalue weighted by molar-refractivity contribution is -0.142. The van der Waals surface area contributed by atoms with Gasteiger partial charge in [0.2, 0.25) is 0 Å². The molecule has 0 bridgehead atoms. The van der Waals surface area contributed by atoms with Gasteiger partial charge in [-0.3, -0.25) is 4.79 Å². The van der Waals surface area contributed by atoms with Gasteiger partial charge in [-0.25, -0.2) is 0 Å². The van der Waals surface area contributed by atoms with E-state index in [-0.39, 0.29) is 5.97 Å².